The molecule has 0 radical (unpaired) electrons. The van der Waals surface area contributed by atoms with E-state index in [0.29, 0.717) is 22.8 Å². The van der Waals surface area contributed by atoms with E-state index in [-0.39, 0.29) is 28.9 Å². The van der Waals surface area contributed by atoms with Crippen molar-refractivity contribution in [2.45, 2.75) is 39.0 Å². The van der Waals surface area contributed by atoms with E-state index in [4.69, 9.17) is 23.2 Å². The summed E-state index contributed by atoms with van der Waals surface area (Å²) in [6.45, 7) is 0.924. The van der Waals surface area contributed by atoms with Gasteiger partial charge in [-0.05, 0) is 36.4 Å². The number of aromatic nitrogens is 6. The maximum absolute atomic E-state index is 14.5. The van der Waals surface area contributed by atoms with E-state index < -0.39 is 30.6 Å². The third-order valence-electron chi connectivity index (χ3n) is 5.12. The summed E-state index contributed by atoms with van der Waals surface area (Å²) in [7, 11) is 0. The molecule has 0 atom stereocenters. The van der Waals surface area contributed by atoms with Crippen LogP contribution in [0.1, 0.15) is 25.0 Å². The van der Waals surface area contributed by atoms with Crippen molar-refractivity contribution in [2.75, 3.05) is 0 Å². The Morgan fingerprint density at radius 2 is 1.74 bits per heavy atom. The van der Waals surface area contributed by atoms with Gasteiger partial charge in [0.1, 0.15) is 23.9 Å². The van der Waals surface area contributed by atoms with Crippen LogP contribution in [0.15, 0.2) is 47.3 Å². The molecule has 4 aromatic rings. The summed E-state index contributed by atoms with van der Waals surface area (Å²) in [4.78, 5) is 17.4. The minimum atomic E-state index is -4.46. The number of rotatable bonds is 7. The Bertz CT molecular complexity index is 1390. The van der Waals surface area contributed by atoms with E-state index in [2.05, 4.69) is 15.2 Å². The van der Waals surface area contributed by atoms with Crippen molar-refractivity contribution in [3.8, 4) is 17.1 Å². The predicted octanol–water partition coefficient (Wildman–Crippen LogP) is 5.30. The molecular formula is C22H18Cl2F4N6O. The van der Waals surface area contributed by atoms with Crippen molar-refractivity contribution in [2.24, 2.45) is 0 Å². The smallest absolute Gasteiger partial charge is 0.275 e. The highest BCUT2D eigenvalue weighted by atomic mass is 35.5. The minimum Gasteiger partial charge on any atom is -0.275 e. The second-order valence-electron chi connectivity index (χ2n) is 7.57. The van der Waals surface area contributed by atoms with Crippen LogP contribution in [0.3, 0.4) is 0 Å². The van der Waals surface area contributed by atoms with Crippen LogP contribution in [-0.2, 0) is 19.5 Å². The number of alkyl halides is 3. The van der Waals surface area contributed by atoms with E-state index in [1.807, 2.05) is 0 Å². The molecule has 0 unspecified atom stereocenters. The number of aryl methyl sites for hydroxylation is 1. The molecule has 0 saturated carbocycles. The molecule has 0 spiro atoms. The van der Waals surface area contributed by atoms with E-state index >= 15 is 0 Å². The van der Waals surface area contributed by atoms with Crippen molar-refractivity contribution in [1.29, 1.82) is 0 Å². The van der Waals surface area contributed by atoms with Gasteiger partial charge in [0, 0.05) is 23.6 Å². The maximum atomic E-state index is 14.5. The van der Waals surface area contributed by atoms with Gasteiger partial charge in [0.25, 0.3) is 0 Å². The largest absolute Gasteiger partial charge is 0.390 e. The van der Waals surface area contributed by atoms with E-state index in [1.54, 1.807) is 31.2 Å². The van der Waals surface area contributed by atoms with Crippen LogP contribution in [0.25, 0.3) is 17.1 Å². The lowest BCUT2D eigenvalue weighted by Crippen LogP contribution is -2.27. The fourth-order valence-electron chi connectivity index (χ4n) is 3.49. The third-order valence-corrected chi connectivity index (χ3v) is 5.68. The van der Waals surface area contributed by atoms with Gasteiger partial charge in [-0.15, -0.1) is 10.2 Å². The molecule has 0 aliphatic heterocycles. The van der Waals surface area contributed by atoms with Gasteiger partial charge in [-0.25, -0.2) is 23.5 Å². The van der Waals surface area contributed by atoms with Crippen molar-refractivity contribution in [1.82, 2.24) is 29.1 Å². The molecule has 2 heterocycles. The first kappa shape index (κ1) is 24.9. The molecule has 0 amide bonds. The highest BCUT2D eigenvalue weighted by molar-refractivity contribution is 6.32. The SMILES string of the molecule is CCc1nc(Cn2nc(-c3ccc(Cl)cc3)n(CCC(F)(F)F)c2=O)nn1-c1c(F)cccc1Cl. The summed E-state index contributed by atoms with van der Waals surface area (Å²) in [5.74, 6) is -0.0636. The van der Waals surface area contributed by atoms with Crippen LogP contribution in [0, 0.1) is 5.82 Å². The summed E-state index contributed by atoms with van der Waals surface area (Å²) < 4.78 is 56.3. The summed E-state index contributed by atoms with van der Waals surface area (Å²) in [5, 5.41) is 9.08. The number of hydrogen-bond donors (Lipinski definition) is 0. The molecule has 0 N–H and O–H groups in total. The highest BCUT2D eigenvalue weighted by Crippen LogP contribution is 2.25. The molecule has 0 aliphatic rings. The lowest BCUT2D eigenvalue weighted by Gasteiger charge is -2.08. The fourth-order valence-corrected chi connectivity index (χ4v) is 3.86. The number of para-hydroxylation sites is 1. The van der Waals surface area contributed by atoms with Gasteiger partial charge in [-0.3, -0.25) is 4.57 Å². The standard InChI is InChI=1S/C22H18Cl2F4N6O/c1-2-18-29-17(30-34(18)19-15(24)4-3-5-16(19)25)12-33-21(35)32(11-10-22(26,27)28)20(31-33)13-6-8-14(23)9-7-13/h3-9H,2,10-12H2,1H3. The van der Waals surface area contributed by atoms with Crippen LogP contribution < -0.4 is 5.69 Å². The van der Waals surface area contributed by atoms with Gasteiger partial charge in [-0.1, -0.05) is 36.2 Å². The Labute approximate surface area is 206 Å². The second kappa shape index (κ2) is 9.82. The molecule has 13 heteroatoms. The summed E-state index contributed by atoms with van der Waals surface area (Å²) in [6, 6.07) is 10.4. The van der Waals surface area contributed by atoms with Gasteiger partial charge in [0.05, 0.1) is 11.4 Å². The van der Waals surface area contributed by atoms with Gasteiger partial charge < -0.3 is 0 Å². The molecule has 4 rings (SSSR count). The van der Waals surface area contributed by atoms with Gasteiger partial charge >= 0.3 is 11.9 Å². The molecule has 0 saturated heterocycles. The van der Waals surface area contributed by atoms with E-state index in [9.17, 15) is 22.4 Å². The van der Waals surface area contributed by atoms with Crippen molar-refractivity contribution >= 4 is 23.2 Å². The minimum absolute atomic E-state index is 0.00896. The lowest BCUT2D eigenvalue weighted by molar-refractivity contribution is -0.136. The third kappa shape index (κ3) is 5.40. The first-order valence-electron chi connectivity index (χ1n) is 10.5. The maximum Gasteiger partial charge on any atom is 0.390 e. The van der Waals surface area contributed by atoms with Crippen LogP contribution in [-0.4, -0.2) is 35.3 Å². The number of halogens is 6. The zero-order valence-electron chi connectivity index (χ0n) is 18.2. The zero-order chi connectivity index (χ0) is 25.3. The average Bonchev–Trinajstić information content (AvgIpc) is 3.33. The Balaban J connectivity index is 1.75. The summed E-state index contributed by atoms with van der Waals surface area (Å²) >= 11 is 12.1. The van der Waals surface area contributed by atoms with Gasteiger partial charge in [-0.2, -0.15) is 13.2 Å². The molecule has 0 fully saturated rings. The van der Waals surface area contributed by atoms with Crippen LogP contribution in [0.4, 0.5) is 17.6 Å². The normalized spacial score (nSPS) is 11.9. The quantitative estimate of drug-likeness (QED) is 0.305. The average molecular weight is 529 g/mol. The Kier molecular flexibility index (Phi) is 7.00. The number of nitrogens with zero attached hydrogens (tertiary/aromatic N) is 6. The molecule has 0 aliphatic carbocycles. The van der Waals surface area contributed by atoms with Gasteiger partial charge in [0.15, 0.2) is 11.6 Å². The lowest BCUT2D eigenvalue weighted by atomic mass is 10.2. The fraction of sp³-hybridized carbons (Fsp3) is 0.273. The molecule has 7 nitrogen and oxygen atoms in total. The second-order valence-corrected chi connectivity index (χ2v) is 8.41. The molecule has 0 bridgehead atoms. The summed E-state index contributed by atoms with van der Waals surface area (Å²) in [6.07, 6.45) is -5.30. The number of hydrogen-bond acceptors (Lipinski definition) is 4. The van der Waals surface area contributed by atoms with E-state index in [1.165, 1.54) is 22.9 Å². The topological polar surface area (TPSA) is 70.5 Å². The molecule has 184 valence electrons. The summed E-state index contributed by atoms with van der Waals surface area (Å²) in [5.41, 5.74) is -0.342. The van der Waals surface area contributed by atoms with Gasteiger partial charge in [0.2, 0.25) is 0 Å². The monoisotopic (exact) mass is 528 g/mol. The first-order valence-corrected chi connectivity index (χ1v) is 11.2. The molecular weight excluding hydrogens is 511 g/mol. The first-order chi connectivity index (χ1) is 16.6. The van der Waals surface area contributed by atoms with Crippen LogP contribution in [0.2, 0.25) is 10.0 Å². The molecule has 2 aromatic heterocycles. The Morgan fingerprint density at radius 3 is 2.37 bits per heavy atom. The van der Waals surface area contributed by atoms with Crippen molar-refractivity contribution in [3.63, 3.8) is 0 Å². The van der Waals surface area contributed by atoms with E-state index in [0.717, 1.165) is 9.25 Å². The predicted molar refractivity (Wildman–Crippen MR) is 122 cm³/mol. The number of benzene rings is 2. The van der Waals surface area contributed by atoms with Crippen LogP contribution >= 0.6 is 23.2 Å². The molecule has 35 heavy (non-hydrogen) atoms. The van der Waals surface area contributed by atoms with Crippen molar-refractivity contribution < 1.29 is 17.6 Å². The highest BCUT2D eigenvalue weighted by Gasteiger charge is 2.29. The zero-order valence-corrected chi connectivity index (χ0v) is 19.7. The Hall–Kier alpha value is -3.18. The van der Waals surface area contributed by atoms with Crippen LogP contribution in [0.5, 0.6) is 0 Å². The molecule has 2 aromatic carbocycles. The Morgan fingerprint density at radius 1 is 1.03 bits per heavy atom. The van der Waals surface area contributed by atoms with Crippen molar-refractivity contribution in [3.05, 3.63) is 80.5 Å².